The maximum atomic E-state index is 13.0. The zero-order chi connectivity index (χ0) is 15.8. The van der Waals surface area contributed by atoms with E-state index in [4.69, 9.17) is 0 Å². The molecule has 1 amide bonds. The molecule has 5 heteroatoms. The number of rotatable bonds is 7. The molecule has 1 aromatic rings. The second-order valence-electron chi connectivity index (χ2n) is 5.91. The number of benzene rings is 1. The number of amides is 1. The van der Waals surface area contributed by atoms with E-state index in [0.29, 0.717) is 19.4 Å². The van der Waals surface area contributed by atoms with Gasteiger partial charge in [-0.25, -0.2) is 4.39 Å². The Hall–Kier alpha value is -1.46. The van der Waals surface area contributed by atoms with Gasteiger partial charge in [0.25, 0.3) is 0 Å². The van der Waals surface area contributed by atoms with E-state index in [-0.39, 0.29) is 17.8 Å². The summed E-state index contributed by atoms with van der Waals surface area (Å²) in [5.41, 5.74) is 0.849. The SMILES string of the molecule is O=C(CCc1cccc(F)c1)NCCCN1CCC(O)CC1. The summed E-state index contributed by atoms with van der Waals surface area (Å²) in [6.07, 6.45) is 3.42. The van der Waals surface area contributed by atoms with E-state index in [9.17, 15) is 14.3 Å². The normalized spacial score (nSPS) is 16.6. The minimum atomic E-state index is -0.260. The van der Waals surface area contributed by atoms with Crippen molar-refractivity contribution in [3.8, 4) is 0 Å². The molecule has 1 aliphatic heterocycles. The van der Waals surface area contributed by atoms with E-state index in [1.54, 1.807) is 6.07 Å². The summed E-state index contributed by atoms with van der Waals surface area (Å²) in [5, 5.41) is 12.3. The Labute approximate surface area is 131 Å². The number of aryl methyl sites for hydroxylation is 1. The van der Waals surface area contributed by atoms with Crippen LogP contribution in [0.5, 0.6) is 0 Å². The molecule has 0 aromatic heterocycles. The van der Waals surface area contributed by atoms with E-state index in [1.165, 1.54) is 12.1 Å². The van der Waals surface area contributed by atoms with E-state index >= 15 is 0 Å². The number of carbonyl (C=O) groups excluding carboxylic acids is 1. The molecule has 4 nitrogen and oxygen atoms in total. The van der Waals surface area contributed by atoms with Gasteiger partial charge in [-0.15, -0.1) is 0 Å². The van der Waals surface area contributed by atoms with Gasteiger partial charge in [0.2, 0.25) is 5.91 Å². The van der Waals surface area contributed by atoms with Crippen LogP contribution in [0.3, 0.4) is 0 Å². The van der Waals surface area contributed by atoms with E-state index < -0.39 is 0 Å². The van der Waals surface area contributed by atoms with Gasteiger partial charge in [-0.3, -0.25) is 4.79 Å². The van der Waals surface area contributed by atoms with Crippen LogP contribution in [0.15, 0.2) is 24.3 Å². The average molecular weight is 308 g/mol. The second kappa shape index (κ2) is 8.86. The van der Waals surface area contributed by atoms with E-state index in [1.807, 2.05) is 6.07 Å². The number of aliphatic hydroxyl groups excluding tert-OH is 1. The highest BCUT2D eigenvalue weighted by Crippen LogP contribution is 2.09. The number of hydrogen-bond acceptors (Lipinski definition) is 3. The van der Waals surface area contributed by atoms with Crippen molar-refractivity contribution in [2.24, 2.45) is 0 Å². The van der Waals surface area contributed by atoms with Crippen LogP contribution in [0.2, 0.25) is 0 Å². The number of nitrogens with zero attached hydrogens (tertiary/aromatic N) is 1. The first-order valence-corrected chi connectivity index (χ1v) is 8.05. The summed E-state index contributed by atoms with van der Waals surface area (Å²) in [7, 11) is 0. The number of hydrogen-bond donors (Lipinski definition) is 2. The van der Waals surface area contributed by atoms with Gasteiger partial charge in [0.1, 0.15) is 5.82 Å². The quantitative estimate of drug-likeness (QED) is 0.754. The second-order valence-corrected chi connectivity index (χ2v) is 5.91. The highest BCUT2D eigenvalue weighted by atomic mass is 19.1. The summed E-state index contributed by atoms with van der Waals surface area (Å²) in [5.74, 6) is -0.247. The summed E-state index contributed by atoms with van der Waals surface area (Å²) in [4.78, 5) is 14.1. The van der Waals surface area contributed by atoms with Gasteiger partial charge in [-0.2, -0.15) is 0 Å². The lowest BCUT2D eigenvalue weighted by Gasteiger charge is -2.29. The summed E-state index contributed by atoms with van der Waals surface area (Å²) >= 11 is 0. The molecular weight excluding hydrogens is 283 g/mol. The zero-order valence-electron chi connectivity index (χ0n) is 12.9. The fourth-order valence-corrected chi connectivity index (χ4v) is 2.71. The Morgan fingerprint density at radius 3 is 2.86 bits per heavy atom. The first-order valence-electron chi connectivity index (χ1n) is 8.05. The van der Waals surface area contributed by atoms with Crippen LogP contribution in [0.25, 0.3) is 0 Å². The van der Waals surface area contributed by atoms with Crippen LogP contribution < -0.4 is 5.32 Å². The predicted molar refractivity (Wildman–Crippen MR) is 84.0 cm³/mol. The van der Waals surface area contributed by atoms with Crippen molar-refractivity contribution in [3.63, 3.8) is 0 Å². The molecule has 1 aromatic carbocycles. The molecule has 0 atom stereocenters. The first-order chi connectivity index (χ1) is 10.6. The molecule has 1 fully saturated rings. The minimum Gasteiger partial charge on any atom is -0.393 e. The van der Waals surface area contributed by atoms with Crippen molar-refractivity contribution in [1.29, 1.82) is 0 Å². The molecule has 2 N–H and O–H groups in total. The molecule has 0 bridgehead atoms. The first kappa shape index (κ1) is 16.9. The molecule has 0 spiro atoms. The number of piperidine rings is 1. The number of likely N-dealkylation sites (tertiary alicyclic amines) is 1. The monoisotopic (exact) mass is 308 g/mol. The van der Waals surface area contributed by atoms with Crippen molar-refractivity contribution in [2.45, 2.75) is 38.2 Å². The standard InChI is InChI=1S/C17H25FN2O2/c18-15-4-1-3-14(13-15)5-6-17(22)19-9-2-10-20-11-7-16(21)8-12-20/h1,3-4,13,16,21H,2,5-12H2,(H,19,22). The fraction of sp³-hybridized carbons (Fsp3) is 0.588. The highest BCUT2D eigenvalue weighted by Gasteiger charge is 2.16. The molecule has 1 saturated heterocycles. The predicted octanol–water partition coefficient (Wildman–Crippen LogP) is 1.72. The highest BCUT2D eigenvalue weighted by molar-refractivity contribution is 5.76. The zero-order valence-corrected chi connectivity index (χ0v) is 12.9. The molecule has 0 unspecified atom stereocenters. The van der Waals surface area contributed by atoms with Crippen LogP contribution in [-0.4, -0.2) is 48.2 Å². The Kier molecular flexibility index (Phi) is 6.80. The smallest absolute Gasteiger partial charge is 0.220 e. The Bertz CT molecular complexity index is 473. The third-order valence-corrected chi connectivity index (χ3v) is 4.06. The van der Waals surface area contributed by atoms with Gasteiger partial charge in [-0.05, 0) is 49.9 Å². The molecule has 1 aliphatic rings. The van der Waals surface area contributed by atoms with Gasteiger partial charge < -0.3 is 15.3 Å². The van der Waals surface area contributed by atoms with Crippen LogP contribution in [0.4, 0.5) is 4.39 Å². The van der Waals surface area contributed by atoms with Gasteiger partial charge in [-0.1, -0.05) is 12.1 Å². The van der Waals surface area contributed by atoms with Crippen molar-refractivity contribution >= 4 is 5.91 Å². The molecule has 122 valence electrons. The Balaban J connectivity index is 1.54. The molecule has 0 radical (unpaired) electrons. The van der Waals surface area contributed by atoms with Gasteiger partial charge in [0.15, 0.2) is 0 Å². The third kappa shape index (κ3) is 6.12. The van der Waals surface area contributed by atoms with Crippen molar-refractivity contribution in [1.82, 2.24) is 10.2 Å². The summed E-state index contributed by atoms with van der Waals surface area (Å²) in [6, 6.07) is 6.38. The molecule has 1 heterocycles. The minimum absolute atomic E-state index is 0.0123. The average Bonchev–Trinajstić information content (AvgIpc) is 2.51. The Morgan fingerprint density at radius 1 is 1.36 bits per heavy atom. The van der Waals surface area contributed by atoms with Crippen molar-refractivity contribution in [2.75, 3.05) is 26.2 Å². The van der Waals surface area contributed by atoms with Gasteiger partial charge in [0, 0.05) is 26.1 Å². The molecule has 0 saturated carbocycles. The maximum Gasteiger partial charge on any atom is 0.220 e. The number of aliphatic hydroxyl groups is 1. The summed E-state index contributed by atoms with van der Waals surface area (Å²) in [6.45, 7) is 3.50. The van der Waals surface area contributed by atoms with Crippen LogP contribution in [-0.2, 0) is 11.2 Å². The van der Waals surface area contributed by atoms with Gasteiger partial charge in [0.05, 0.1) is 6.10 Å². The molecule has 2 rings (SSSR count). The Morgan fingerprint density at radius 2 is 2.14 bits per heavy atom. The lowest BCUT2D eigenvalue weighted by molar-refractivity contribution is -0.121. The number of carbonyl (C=O) groups is 1. The largest absolute Gasteiger partial charge is 0.393 e. The van der Waals surface area contributed by atoms with Crippen LogP contribution >= 0.6 is 0 Å². The molecule has 0 aliphatic carbocycles. The van der Waals surface area contributed by atoms with Crippen molar-refractivity contribution in [3.05, 3.63) is 35.6 Å². The third-order valence-electron chi connectivity index (χ3n) is 4.06. The van der Waals surface area contributed by atoms with Gasteiger partial charge >= 0.3 is 0 Å². The van der Waals surface area contributed by atoms with Crippen molar-refractivity contribution < 1.29 is 14.3 Å². The van der Waals surface area contributed by atoms with Crippen LogP contribution in [0.1, 0.15) is 31.2 Å². The lowest BCUT2D eigenvalue weighted by Crippen LogP contribution is -2.37. The molecule has 22 heavy (non-hydrogen) atoms. The summed E-state index contributed by atoms with van der Waals surface area (Å²) < 4.78 is 13.0. The van der Waals surface area contributed by atoms with E-state index in [0.717, 1.165) is 44.5 Å². The lowest BCUT2D eigenvalue weighted by atomic mass is 10.1. The topological polar surface area (TPSA) is 52.6 Å². The fourth-order valence-electron chi connectivity index (χ4n) is 2.71. The van der Waals surface area contributed by atoms with E-state index in [2.05, 4.69) is 10.2 Å². The molecular formula is C17H25FN2O2. The number of nitrogens with one attached hydrogen (secondary N) is 1. The number of halogens is 1. The van der Waals surface area contributed by atoms with Crippen LogP contribution in [0, 0.1) is 5.82 Å². The maximum absolute atomic E-state index is 13.0.